The Balaban J connectivity index is 1.62. The molecule has 0 aliphatic rings. The Morgan fingerprint density at radius 2 is 1.69 bits per heavy atom. The minimum atomic E-state index is -0.0944. The monoisotopic (exact) mass is 367 g/mol. The van der Waals surface area contributed by atoms with E-state index in [9.17, 15) is 4.79 Å². The number of aryl methyl sites for hydroxylation is 2. The van der Waals surface area contributed by atoms with Crippen LogP contribution >= 0.6 is 11.3 Å². The summed E-state index contributed by atoms with van der Waals surface area (Å²) in [6.45, 7) is 4.40. The molecule has 0 fully saturated rings. The molecule has 0 saturated carbocycles. The largest absolute Gasteiger partial charge is 0.497 e. The molecule has 2 aromatic carbocycles. The van der Waals surface area contributed by atoms with Gasteiger partial charge in [-0.25, -0.2) is 0 Å². The van der Waals surface area contributed by atoms with Gasteiger partial charge in [0.25, 0.3) is 5.91 Å². The summed E-state index contributed by atoms with van der Waals surface area (Å²) < 4.78 is 10.9. The number of methoxy groups -OCH3 is 1. The van der Waals surface area contributed by atoms with Crippen molar-refractivity contribution in [2.45, 2.75) is 20.5 Å². The highest BCUT2D eigenvalue weighted by molar-refractivity contribution is 7.12. The number of para-hydroxylation sites is 1. The zero-order chi connectivity index (χ0) is 18.5. The van der Waals surface area contributed by atoms with Crippen LogP contribution in [0.1, 0.15) is 26.4 Å². The molecule has 0 unspecified atom stereocenters. The summed E-state index contributed by atoms with van der Waals surface area (Å²) in [5.74, 6) is 1.46. The first kappa shape index (κ1) is 18.0. The van der Waals surface area contributed by atoms with Crippen molar-refractivity contribution in [1.29, 1.82) is 0 Å². The number of hydrogen-bond acceptors (Lipinski definition) is 4. The Morgan fingerprint density at radius 1 is 1.04 bits per heavy atom. The highest BCUT2D eigenvalue weighted by Gasteiger charge is 2.12. The number of carbonyl (C=O) groups excluding carboxylic acids is 1. The van der Waals surface area contributed by atoms with Gasteiger partial charge >= 0.3 is 0 Å². The van der Waals surface area contributed by atoms with Gasteiger partial charge in [0.2, 0.25) is 0 Å². The van der Waals surface area contributed by atoms with E-state index in [0.29, 0.717) is 11.5 Å². The van der Waals surface area contributed by atoms with Gasteiger partial charge in [0.15, 0.2) is 0 Å². The quantitative estimate of drug-likeness (QED) is 0.651. The number of ether oxygens (including phenoxy) is 2. The molecule has 3 rings (SSSR count). The van der Waals surface area contributed by atoms with Crippen LogP contribution in [0.25, 0.3) is 0 Å². The van der Waals surface area contributed by atoms with Gasteiger partial charge in [0.1, 0.15) is 18.1 Å². The number of hydrogen-bond donors (Lipinski definition) is 1. The molecule has 0 aliphatic heterocycles. The van der Waals surface area contributed by atoms with Gasteiger partial charge in [0.05, 0.1) is 12.0 Å². The fourth-order valence-corrected chi connectivity index (χ4v) is 3.39. The Kier molecular flexibility index (Phi) is 5.58. The third kappa shape index (κ3) is 4.24. The average Bonchev–Trinajstić information content (AvgIpc) is 3.12. The number of rotatable bonds is 6. The van der Waals surface area contributed by atoms with Gasteiger partial charge in [-0.15, -0.1) is 11.3 Å². The Bertz CT molecular complexity index is 880. The summed E-state index contributed by atoms with van der Waals surface area (Å²) in [7, 11) is 1.63. The van der Waals surface area contributed by atoms with Crippen LogP contribution in [0.2, 0.25) is 0 Å². The second kappa shape index (κ2) is 8.06. The number of nitrogens with one attached hydrogen (secondary N) is 1. The number of thiophene rings is 1. The van der Waals surface area contributed by atoms with Crippen LogP contribution in [-0.4, -0.2) is 13.0 Å². The van der Waals surface area contributed by atoms with E-state index in [4.69, 9.17) is 9.47 Å². The maximum absolute atomic E-state index is 12.5. The van der Waals surface area contributed by atoms with E-state index >= 15 is 0 Å². The first-order chi connectivity index (χ1) is 12.6. The molecule has 0 bridgehead atoms. The molecular formula is C21H21NO3S. The number of anilines is 1. The van der Waals surface area contributed by atoms with Crippen molar-refractivity contribution >= 4 is 22.9 Å². The Morgan fingerprint density at radius 3 is 2.35 bits per heavy atom. The van der Waals surface area contributed by atoms with Crippen molar-refractivity contribution in [3.05, 3.63) is 75.5 Å². The van der Waals surface area contributed by atoms with Crippen molar-refractivity contribution in [2.24, 2.45) is 0 Å². The summed E-state index contributed by atoms with van der Waals surface area (Å²) in [6.07, 6.45) is 0. The normalized spacial score (nSPS) is 10.4. The van der Waals surface area contributed by atoms with Crippen LogP contribution in [-0.2, 0) is 6.61 Å². The van der Waals surface area contributed by atoms with Crippen LogP contribution in [0.5, 0.6) is 11.5 Å². The van der Waals surface area contributed by atoms with Crippen molar-refractivity contribution in [2.75, 3.05) is 12.4 Å². The van der Waals surface area contributed by atoms with E-state index in [0.717, 1.165) is 33.9 Å². The van der Waals surface area contributed by atoms with Gasteiger partial charge < -0.3 is 14.8 Å². The predicted octanol–water partition coefficient (Wildman–Crippen LogP) is 5.20. The molecule has 1 N–H and O–H groups in total. The van der Waals surface area contributed by atoms with E-state index in [1.165, 1.54) is 11.3 Å². The number of benzene rings is 2. The summed E-state index contributed by atoms with van der Waals surface area (Å²) in [5, 5.41) is 4.96. The molecule has 26 heavy (non-hydrogen) atoms. The molecule has 5 heteroatoms. The standard InChI is InChI=1S/C21H21NO3S/c1-14-5-4-6-15(2)20(14)22-21(23)19-11-16(13-26-19)12-25-18-9-7-17(24-3)8-10-18/h4-11,13H,12H2,1-3H3,(H,22,23). The van der Waals surface area contributed by atoms with E-state index in [-0.39, 0.29) is 5.91 Å². The molecular weight excluding hydrogens is 346 g/mol. The molecule has 0 saturated heterocycles. The van der Waals surface area contributed by atoms with Gasteiger partial charge in [-0.1, -0.05) is 18.2 Å². The second-order valence-electron chi connectivity index (χ2n) is 6.00. The van der Waals surface area contributed by atoms with Gasteiger partial charge in [0, 0.05) is 11.3 Å². The lowest BCUT2D eigenvalue weighted by Gasteiger charge is -2.10. The molecule has 0 radical (unpaired) electrons. The third-order valence-electron chi connectivity index (χ3n) is 4.06. The van der Waals surface area contributed by atoms with Crippen LogP contribution in [0.4, 0.5) is 5.69 Å². The van der Waals surface area contributed by atoms with Crippen LogP contribution in [0, 0.1) is 13.8 Å². The van der Waals surface area contributed by atoms with Gasteiger partial charge in [-0.05, 0) is 60.7 Å². The molecule has 0 atom stereocenters. The third-order valence-corrected chi connectivity index (χ3v) is 5.04. The number of carbonyl (C=O) groups is 1. The zero-order valence-corrected chi connectivity index (χ0v) is 15.9. The van der Waals surface area contributed by atoms with Crippen LogP contribution in [0.15, 0.2) is 53.9 Å². The van der Waals surface area contributed by atoms with E-state index in [1.807, 2.05) is 67.8 Å². The average molecular weight is 367 g/mol. The van der Waals surface area contributed by atoms with Crippen molar-refractivity contribution < 1.29 is 14.3 Å². The fourth-order valence-electron chi connectivity index (χ4n) is 2.60. The second-order valence-corrected chi connectivity index (χ2v) is 6.92. The molecule has 134 valence electrons. The SMILES string of the molecule is COc1ccc(OCc2csc(C(=O)Nc3c(C)cccc3C)c2)cc1. The molecule has 1 aromatic heterocycles. The lowest BCUT2D eigenvalue weighted by Crippen LogP contribution is -2.12. The first-order valence-corrected chi connectivity index (χ1v) is 9.16. The summed E-state index contributed by atoms with van der Waals surface area (Å²) in [6, 6.07) is 15.3. The minimum Gasteiger partial charge on any atom is -0.497 e. The molecule has 1 amide bonds. The van der Waals surface area contributed by atoms with E-state index in [1.54, 1.807) is 7.11 Å². The molecule has 4 nitrogen and oxygen atoms in total. The fraction of sp³-hybridized carbons (Fsp3) is 0.190. The minimum absolute atomic E-state index is 0.0944. The maximum atomic E-state index is 12.5. The molecule has 0 aliphatic carbocycles. The zero-order valence-electron chi connectivity index (χ0n) is 15.0. The molecule has 3 aromatic rings. The van der Waals surface area contributed by atoms with Crippen LogP contribution in [0.3, 0.4) is 0 Å². The van der Waals surface area contributed by atoms with Gasteiger partial charge in [-0.2, -0.15) is 0 Å². The highest BCUT2D eigenvalue weighted by Crippen LogP contribution is 2.23. The van der Waals surface area contributed by atoms with Crippen molar-refractivity contribution in [1.82, 2.24) is 0 Å². The summed E-state index contributed by atoms with van der Waals surface area (Å²) >= 11 is 1.42. The number of amides is 1. The smallest absolute Gasteiger partial charge is 0.265 e. The summed E-state index contributed by atoms with van der Waals surface area (Å²) in [5.41, 5.74) is 3.95. The summed E-state index contributed by atoms with van der Waals surface area (Å²) in [4.78, 5) is 13.2. The first-order valence-electron chi connectivity index (χ1n) is 8.28. The van der Waals surface area contributed by atoms with E-state index in [2.05, 4.69) is 5.32 Å². The Labute approximate surface area is 157 Å². The lowest BCUT2D eigenvalue weighted by molar-refractivity contribution is 0.103. The Hall–Kier alpha value is -2.79. The van der Waals surface area contributed by atoms with Crippen molar-refractivity contribution in [3.8, 4) is 11.5 Å². The predicted molar refractivity (Wildman–Crippen MR) is 106 cm³/mol. The van der Waals surface area contributed by atoms with Crippen LogP contribution < -0.4 is 14.8 Å². The van der Waals surface area contributed by atoms with E-state index < -0.39 is 0 Å². The molecule has 1 heterocycles. The topological polar surface area (TPSA) is 47.6 Å². The molecule has 0 spiro atoms. The lowest BCUT2D eigenvalue weighted by atomic mass is 10.1. The maximum Gasteiger partial charge on any atom is 0.265 e. The van der Waals surface area contributed by atoms with Gasteiger partial charge in [-0.3, -0.25) is 4.79 Å². The highest BCUT2D eigenvalue weighted by atomic mass is 32.1. The van der Waals surface area contributed by atoms with Crippen molar-refractivity contribution in [3.63, 3.8) is 0 Å².